The van der Waals surface area contributed by atoms with Crippen molar-refractivity contribution in [3.05, 3.63) is 18.2 Å². The molecule has 4 fully saturated rings. The largest absolute Gasteiger partial charge is 0.379 e. The summed E-state index contributed by atoms with van der Waals surface area (Å²) in [5.41, 5.74) is 1.39. The molecule has 0 bridgehead atoms. The molecule has 1 aromatic rings. The van der Waals surface area contributed by atoms with Crippen molar-refractivity contribution < 1.29 is 22.7 Å². The molecule has 1 atom stereocenters. The van der Waals surface area contributed by atoms with Crippen LogP contribution >= 0.6 is 0 Å². The Bertz CT molecular complexity index is 1030. The van der Waals surface area contributed by atoms with Crippen molar-refractivity contribution in [2.45, 2.75) is 43.4 Å². The number of rotatable bonds is 6. The third kappa shape index (κ3) is 4.94. The average Bonchev–Trinajstić information content (AvgIpc) is 3.58. The Morgan fingerprint density at radius 1 is 0.912 bits per heavy atom. The maximum atomic E-state index is 13.3. The number of carbonyl (C=O) groups excluding carboxylic acids is 2. The first-order valence-corrected chi connectivity index (χ1v) is 13.9. The molecular formula is C24H34N4O5S. The molecule has 0 spiro atoms. The molecule has 3 aliphatic heterocycles. The predicted molar refractivity (Wildman–Crippen MR) is 128 cm³/mol. The van der Waals surface area contributed by atoms with Gasteiger partial charge in [-0.2, -0.15) is 4.31 Å². The minimum atomic E-state index is -3.68. The number of piperidine rings is 1. The van der Waals surface area contributed by atoms with Crippen molar-refractivity contribution in [2.75, 3.05) is 62.7 Å². The van der Waals surface area contributed by atoms with E-state index in [1.54, 1.807) is 12.1 Å². The number of ether oxygens (including phenoxy) is 1. The van der Waals surface area contributed by atoms with Gasteiger partial charge in [0, 0.05) is 45.2 Å². The highest BCUT2D eigenvalue weighted by molar-refractivity contribution is 7.89. The lowest BCUT2D eigenvalue weighted by Crippen LogP contribution is -2.44. The highest BCUT2D eigenvalue weighted by atomic mass is 32.2. The number of likely N-dealkylation sites (tertiary alicyclic amines) is 1. The fraction of sp³-hybridized carbons (Fsp3) is 0.667. The SMILES string of the molecule is O=C(Nc1cc(S(=O)(=O)N2CCOCC2)ccc1N1CCCC1)C1CCCN(C(=O)C2CC2)C1. The number of anilines is 2. The van der Waals surface area contributed by atoms with Crippen molar-refractivity contribution in [2.24, 2.45) is 11.8 Å². The molecule has 1 saturated carbocycles. The molecule has 3 saturated heterocycles. The van der Waals surface area contributed by atoms with Crippen LogP contribution < -0.4 is 10.2 Å². The summed E-state index contributed by atoms with van der Waals surface area (Å²) in [5.74, 6) is -0.114. The highest BCUT2D eigenvalue weighted by Crippen LogP contribution is 2.35. The van der Waals surface area contributed by atoms with Crippen molar-refractivity contribution in [3.8, 4) is 0 Å². The fourth-order valence-corrected chi connectivity index (χ4v) is 6.59. The summed E-state index contributed by atoms with van der Waals surface area (Å²) in [6.45, 7) is 4.32. The van der Waals surface area contributed by atoms with Gasteiger partial charge in [0.25, 0.3) is 0 Å². The van der Waals surface area contributed by atoms with Gasteiger partial charge >= 0.3 is 0 Å². The van der Waals surface area contributed by atoms with Crippen molar-refractivity contribution in [1.82, 2.24) is 9.21 Å². The number of amides is 2. The number of morpholine rings is 1. The van der Waals surface area contributed by atoms with Crippen LogP contribution in [0.1, 0.15) is 38.5 Å². The summed E-state index contributed by atoms with van der Waals surface area (Å²) < 4.78 is 33.2. The maximum Gasteiger partial charge on any atom is 0.243 e. The molecule has 1 aliphatic carbocycles. The number of sulfonamides is 1. The molecule has 5 rings (SSSR count). The Balaban J connectivity index is 1.37. The lowest BCUT2D eigenvalue weighted by atomic mass is 9.96. The van der Waals surface area contributed by atoms with E-state index in [2.05, 4.69) is 10.2 Å². The number of benzene rings is 1. The van der Waals surface area contributed by atoms with Gasteiger partial charge in [0.1, 0.15) is 0 Å². The van der Waals surface area contributed by atoms with Crippen LogP contribution in [0.3, 0.4) is 0 Å². The second kappa shape index (κ2) is 9.83. The molecule has 0 radical (unpaired) electrons. The van der Waals surface area contributed by atoms with Crippen LogP contribution in [0.2, 0.25) is 0 Å². The van der Waals surface area contributed by atoms with Gasteiger partial charge in [-0.3, -0.25) is 9.59 Å². The van der Waals surface area contributed by atoms with Crippen molar-refractivity contribution in [1.29, 1.82) is 0 Å². The summed E-state index contributed by atoms with van der Waals surface area (Å²) in [5, 5.41) is 3.05. The summed E-state index contributed by atoms with van der Waals surface area (Å²) in [4.78, 5) is 30.1. The van der Waals surface area contributed by atoms with E-state index in [0.29, 0.717) is 45.1 Å². The van der Waals surface area contributed by atoms with E-state index < -0.39 is 10.0 Å². The van der Waals surface area contributed by atoms with Gasteiger partial charge in [-0.1, -0.05) is 0 Å². The molecule has 186 valence electrons. The second-order valence-electron chi connectivity index (χ2n) is 9.78. The minimum Gasteiger partial charge on any atom is -0.379 e. The smallest absolute Gasteiger partial charge is 0.243 e. The van der Waals surface area contributed by atoms with Gasteiger partial charge in [0.2, 0.25) is 21.8 Å². The van der Waals surface area contributed by atoms with Crippen LogP contribution in [0.5, 0.6) is 0 Å². The molecule has 34 heavy (non-hydrogen) atoms. The number of nitrogens with one attached hydrogen (secondary N) is 1. The van der Waals surface area contributed by atoms with Gasteiger partial charge in [0.05, 0.1) is 35.4 Å². The number of nitrogens with zero attached hydrogens (tertiary/aromatic N) is 3. The van der Waals surface area contributed by atoms with Crippen molar-refractivity contribution >= 4 is 33.2 Å². The monoisotopic (exact) mass is 490 g/mol. The maximum absolute atomic E-state index is 13.3. The second-order valence-corrected chi connectivity index (χ2v) is 11.7. The molecule has 3 heterocycles. The first kappa shape index (κ1) is 23.6. The van der Waals surface area contributed by atoms with E-state index >= 15 is 0 Å². The van der Waals surface area contributed by atoms with Gasteiger partial charge < -0.3 is 19.9 Å². The van der Waals surface area contributed by atoms with E-state index in [1.807, 2.05) is 11.0 Å². The van der Waals surface area contributed by atoms with Crippen LogP contribution in [0.15, 0.2) is 23.1 Å². The highest BCUT2D eigenvalue weighted by Gasteiger charge is 2.37. The van der Waals surface area contributed by atoms with E-state index in [0.717, 1.165) is 57.3 Å². The normalized spacial score (nSPS) is 24.3. The van der Waals surface area contributed by atoms with Crippen molar-refractivity contribution in [3.63, 3.8) is 0 Å². The third-order valence-electron chi connectivity index (χ3n) is 7.31. The Hall–Kier alpha value is -2.17. The molecule has 0 aromatic heterocycles. The zero-order valence-corrected chi connectivity index (χ0v) is 20.4. The zero-order chi connectivity index (χ0) is 23.7. The van der Waals surface area contributed by atoms with Gasteiger partial charge in [0.15, 0.2) is 0 Å². The summed E-state index contributed by atoms with van der Waals surface area (Å²) >= 11 is 0. The lowest BCUT2D eigenvalue weighted by Gasteiger charge is -2.32. The zero-order valence-electron chi connectivity index (χ0n) is 19.6. The molecule has 2 amide bonds. The van der Waals surface area contributed by atoms with Gasteiger partial charge in [-0.25, -0.2) is 8.42 Å². The molecule has 10 heteroatoms. The quantitative estimate of drug-likeness (QED) is 0.654. The summed E-state index contributed by atoms with van der Waals surface area (Å²) in [7, 11) is -3.68. The third-order valence-corrected chi connectivity index (χ3v) is 9.21. The summed E-state index contributed by atoms with van der Waals surface area (Å²) in [6, 6.07) is 5.06. The molecule has 4 aliphatic rings. The average molecular weight is 491 g/mol. The Morgan fingerprint density at radius 3 is 2.35 bits per heavy atom. The minimum absolute atomic E-state index is 0.144. The number of hydrogen-bond donors (Lipinski definition) is 1. The predicted octanol–water partition coefficient (Wildman–Crippen LogP) is 1.89. The topological polar surface area (TPSA) is 99.3 Å². The first-order valence-electron chi connectivity index (χ1n) is 12.5. The van der Waals surface area contributed by atoms with Crippen LogP contribution in [0.25, 0.3) is 0 Å². The van der Waals surface area contributed by atoms with Crippen LogP contribution in [-0.4, -0.2) is 81.9 Å². The Morgan fingerprint density at radius 2 is 1.65 bits per heavy atom. The number of hydrogen-bond acceptors (Lipinski definition) is 6. The van der Waals surface area contributed by atoms with Gasteiger partial charge in [-0.05, 0) is 56.7 Å². The van der Waals surface area contributed by atoms with E-state index in [9.17, 15) is 18.0 Å². The Labute approximate surface area is 201 Å². The fourth-order valence-electron chi connectivity index (χ4n) is 5.16. The molecule has 1 N–H and O–H groups in total. The van der Waals surface area contributed by atoms with E-state index in [4.69, 9.17) is 4.74 Å². The molecule has 1 aromatic carbocycles. The van der Waals surface area contributed by atoms with Crippen LogP contribution in [0, 0.1) is 11.8 Å². The number of carbonyl (C=O) groups is 2. The molecule has 9 nitrogen and oxygen atoms in total. The molecule has 1 unspecified atom stereocenters. The summed E-state index contributed by atoms with van der Waals surface area (Å²) in [6.07, 6.45) is 5.59. The molecular weight excluding hydrogens is 456 g/mol. The first-order chi connectivity index (χ1) is 16.4. The Kier molecular flexibility index (Phi) is 6.81. The van der Waals surface area contributed by atoms with E-state index in [1.165, 1.54) is 4.31 Å². The van der Waals surface area contributed by atoms with Gasteiger partial charge in [-0.15, -0.1) is 0 Å². The van der Waals surface area contributed by atoms with Crippen LogP contribution in [0.4, 0.5) is 11.4 Å². The van der Waals surface area contributed by atoms with E-state index in [-0.39, 0.29) is 28.5 Å². The lowest BCUT2D eigenvalue weighted by molar-refractivity contribution is -0.135. The van der Waals surface area contributed by atoms with Crippen LogP contribution in [-0.2, 0) is 24.3 Å². The standard InChI is InChI=1S/C24H34N4O5S/c29-23(19-4-3-11-27(17-19)24(30)18-5-6-18)25-21-16-20(7-8-22(21)26-9-1-2-10-26)34(31,32)28-12-14-33-15-13-28/h7-8,16,18-19H,1-6,9-15,17H2,(H,25,29).